The molecule has 0 amide bonds. The number of hydrogen-bond donors (Lipinski definition) is 1. The van der Waals surface area contributed by atoms with Crippen molar-refractivity contribution in [3.8, 4) is 0 Å². The maximum atomic E-state index is 12.3. The molecule has 24 heavy (non-hydrogen) atoms. The number of aliphatic hydroxyl groups is 1. The van der Waals surface area contributed by atoms with Crippen molar-refractivity contribution in [3.63, 3.8) is 0 Å². The van der Waals surface area contributed by atoms with E-state index in [2.05, 4.69) is 0 Å². The molecule has 1 fully saturated rings. The molecule has 1 aromatic rings. The molecule has 0 spiro atoms. The molecule has 0 radical (unpaired) electrons. The van der Waals surface area contributed by atoms with Crippen LogP contribution < -0.4 is 0 Å². The summed E-state index contributed by atoms with van der Waals surface area (Å²) in [6, 6.07) is 9.74. The first kappa shape index (κ1) is 18.2. The first-order valence-corrected chi connectivity index (χ1v) is 8.02. The average molecular weight is 332 g/mol. The number of aliphatic hydroxyl groups excluding tert-OH is 1. The number of allylic oxidation sites excluding steroid dienone is 1. The largest absolute Gasteiger partial charge is 0.468 e. The minimum absolute atomic E-state index is 0.0171. The number of rotatable bonds is 4. The molecule has 0 aliphatic heterocycles. The van der Waals surface area contributed by atoms with Gasteiger partial charge in [-0.2, -0.15) is 0 Å². The van der Waals surface area contributed by atoms with Crippen molar-refractivity contribution >= 4 is 18.0 Å². The van der Waals surface area contributed by atoms with Gasteiger partial charge in [0, 0.05) is 6.42 Å². The summed E-state index contributed by atoms with van der Waals surface area (Å²) in [4.78, 5) is 24.6. The Labute approximate surface area is 142 Å². The van der Waals surface area contributed by atoms with Crippen LogP contribution in [-0.2, 0) is 19.1 Å². The van der Waals surface area contributed by atoms with Gasteiger partial charge in [-0.15, -0.1) is 0 Å². The van der Waals surface area contributed by atoms with E-state index in [1.54, 1.807) is 0 Å². The molecule has 1 aliphatic rings. The molecular formula is C19H24O5. The van der Waals surface area contributed by atoms with E-state index in [1.807, 2.05) is 49.4 Å². The molecule has 0 heterocycles. The predicted molar refractivity (Wildman–Crippen MR) is 89.8 cm³/mol. The molecule has 0 unspecified atom stereocenters. The number of esters is 2. The molecule has 0 saturated heterocycles. The van der Waals surface area contributed by atoms with Crippen molar-refractivity contribution in [2.45, 2.75) is 25.9 Å². The van der Waals surface area contributed by atoms with Gasteiger partial charge in [-0.3, -0.25) is 9.59 Å². The van der Waals surface area contributed by atoms with Gasteiger partial charge in [-0.05, 0) is 23.8 Å². The molecule has 0 bridgehead atoms. The zero-order valence-corrected chi connectivity index (χ0v) is 14.3. The number of methoxy groups -OCH3 is 2. The molecule has 1 aromatic carbocycles. The highest BCUT2D eigenvalue weighted by atomic mass is 16.5. The normalized spacial score (nSPS) is 26.1. The first-order valence-electron chi connectivity index (χ1n) is 8.02. The van der Waals surface area contributed by atoms with E-state index >= 15 is 0 Å². The highest BCUT2D eigenvalue weighted by molar-refractivity contribution is 6.00. The van der Waals surface area contributed by atoms with Crippen molar-refractivity contribution in [1.82, 2.24) is 0 Å². The Balaban J connectivity index is 2.32. The highest BCUT2D eigenvalue weighted by Gasteiger charge is 2.55. The van der Waals surface area contributed by atoms with Crippen molar-refractivity contribution in [2.75, 3.05) is 14.2 Å². The minimum Gasteiger partial charge on any atom is -0.468 e. The fraction of sp³-hybridized carbons (Fsp3) is 0.474. The summed E-state index contributed by atoms with van der Waals surface area (Å²) in [6.07, 6.45) is 3.38. The molecule has 5 heteroatoms. The van der Waals surface area contributed by atoms with Crippen LogP contribution in [0.4, 0.5) is 0 Å². The van der Waals surface area contributed by atoms with Crippen molar-refractivity contribution in [1.29, 1.82) is 0 Å². The van der Waals surface area contributed by atoms with E-state index < -0.39 is 23.5 Å². The van der Waals surface area contributed by atoms with Gasteiger partial charge in [0.25, 0.3) is 0 Å². The predicted octanol–water partition coefficient (Wildman–Crippen LogP) is 2.44. The first-order chi connectivity index (χ1) is 11.4. The molecule has 2 rings (SSSR count). The molecule has 5 nitrogen and oxygen atoms in total. The molecule has 3 atom stereocenters. The van der Waals surface area contributed by atoms with Crippen molar-refractivity contribution in [2.24, 2.45) is 17.3 Å². The van der Waals surface area contributed by atoms with Crippen LogP contribution >= 0.6 is 0 Å². The van der Waals surface area contributed by atoms with Gasteiger partial charge >= 0.3 is 11.9 Å². The quantitative estimate of drug-likeness (QED) is 0.677. The molecule has 130 valence electrons. The number of hydrogen-bond acceptors (Lipinski definition) is 5. The number of benzene rings is 1. The Hall–Kier alpha value is -2.14. The maximum Gasteiger partial charge on any atom is 0.323 e. The van der Waals surface area contributed by atoms with Crippen molar-refractivity contribution in [3.05, 3.63) is 42.0 Å². The second-order valence-electron chi connectivity index (χ2n) is 6.33. The van der Waals surface area contributed by atoms with E-state index in [-0.39, 0.29) is 24.7 Å². The molecule has 0 aromatic heterocycles. The number of carbonyl (C=O) groups is 2. The Bertz CT molecular complexity index is 591. The summed E-state index contributed by atoms with van der Waals surface area (Å²) in [5.74, 6) is -1.53. The van der Waals surface area contributed by atoms with E-state index in [0.29, 0.717) is 0 Å². The van der Waals surface area contributed by atoms with Crippen LogP contribution in [0.15, 0.2) is 36.4 Å². The lowest BCUT2D eigenvalue weighted by Gasteiger charge is -2.41. The lowest BCUT2D eigenvalue weighted by molar-refractivity contribution is -0.178. The standard InChI is InChI=1S/C19H24O5/c1-13-15(10-9-14-7-5-4-6-8-14)11-19(12-16(13)20,17(21)23-2)18(22)24-3/h4-10,13,15-16,20H,11-12H2,1-3H3/b10-9+/t13-,15-,16-/m1/s1. The van der Waals surface area contributed by atoms with Gasteiger partial charge in [-0.1, -0.05) is 49.4 Å². The SMILES string of the molecule is COC(=O)C1(C(=O)OC)C[C@@H](O)[C@H](C)[C@H](/C=C/c2ccccc2)C1. The van der Waals surface area contributed by atoms with Crippen LogP contribution in [0.2, 0.25) is 0 Å². The third-order valence-corrected chi connectivity index (χ3v) is 4.91. The molecule has 1 aliphatic carbocycles. The Kier molecular flexibility index (Phi) is 5.78. The van der Waals surface area contributed by atoms with Crippen LogP contribution in [0.25, 0.3) is 6.08 Å². The van der Waals surface area contributed by atoms with Crippen molar-refractivity contribution < 1.29 is 24.2 Å². The monoisotopic (exact) mass is 332 g/mol. The summed E-state index contributed by atoms with van der Waals surface area (Å²) in [5, 5.41) is 10.4. The van der Waals surface area contributed by atoms with Crippen LogP contribution in [0, 0.1) is 17.3 Å². The zero-order valence-electron chi connectivity index (χ0n) is 14.3. The van der Waals surface area contributed by atoms with E-state index in [1.165, 1.54) is 14.2 Å². The third-order valence-electron chi connectivity index (χ3n) is 4.91. The Morgan fingerprint density at radius 1 is 1.12 bits per heavy atom. The summed E-state index contributed by atoms with van der Waals surface area (Å²) in [6.45, 7) is 1.92. The fourth-order valence-corrected chi connectivity index (χ4v) is 3.35. The van der Waals surface area contributed by atoms with E-state index in [9.17, 15) is 14.7 Å². The van der Waals surface area contributed by atoms with Crippen LogP contribution in [0.3, 0.4) is 0 Å². The van der Waals surface area contributed by atoms with Gasteiger partial charge in [0.05, 0.1) is 20.3 Å². The Morgan fingerprint density at radius 2 is 1.71 bits per heavy atom. The van der Waals surface area contributed by atoms with Crippen LogP contribution in [-0.4, -0.2) is 37.4 Å². The second-order valence-corrected chi connectivity index (χ2v) is 6.33. The van der Waals surface area contributed by atoms with Gasteiger partial charge in [0.2, 0.25) is 0 Å². The minimum atomic E-state index is -1.46. The summed E-state index contributed by atoms with van der Waals surface area (Å²) in [7, 11) is 2.48. The van der Waals surface area contributed by atoms with Gasteiger partial charge in [0.15, 0.2) is 5.41 Å². The molecular weight excluding hydrogens is 308 g/mol. The maximum absolute atomic E-state index is 12.3. The van der Waals surface area contributed by atoms with Gasteiger partial charge in [-0.25, -0.2) is 0 Å². The van der Waals surface area contributed by atoms with Gasteiger partial charge < -0.3 is 14.6 Å². The zero-order chi connectivity index (χ0) is 17.7. The Morgan fingerprint density at radius 3 is 2.25 bits per heavy atom. The summed E-state index contributed by atoms with van der Waals surface area (Å²) >= 11 is 0. The van der Waals surface area contributed by atoms with E-state index in [4.69, 9.17) is 9.47 Å². The van der Waals surface area contributed by atoms with Crippen LogP contribution in [0.5, 0.6) is 0 Å². The lowest BCUT2D eigenvalue weighted by Crippen LogP contribution is -2.51. The topological polar surface area (TPSA) is 72.8 Å². The number of carbonyl (C=O) groups excluding carboxylic acids is 2. The lowest BCUT2D eigenvalue weighted by atomic mass is 9.64. The summed E-state index contributed by atoms with van der Waals surface area (Å²) < 4.78 is 9.67. The third kappa shape index (κ3) is 3.51. The number of ether oxygens (including phenoxy) is 2. The smallest absolute Gasteiger partial charge is 0.323 e. The molecule has 1 N–H and O–H groups in total. The molecule has 1 saturated carbocycles. The average Bonchev–Trinajstić information content (AvgIpc) is 2.62. The van der Waals surface area contributed by atoms with Crippen LogP contribution in [0.1, 0.15) is 25.3 Å². The van der Waals surface area contributed by atoms with E-state index in [0.717, 1.165) is 5.56 Å². The van der Waals surface area contributed by atoms with Gasteiger partial charge in [0.1, 0.15) is 0 Å². The fourth-order valence-electron chi connectivity index (χ4n) is 3.35. The highest BCUT2D eigenvalue weighted by Crippen LogP contribution is 2.45. The summed E-state index contributed by atoms with van der Waals surface area (Å²) in [5.41, 5.74) is -0.437. The second kappa shape index (κ2) is 7.62.